The summed E-state index contributed by atoms with van der Waals surface area (Å²) in [6.07, 6.45) is 2.79. The van der Waals surface area contributed by atoms with Gasteiger partial charge in [0.25, 0.3) is 0 Å². The van der Waals surface area contributed by atoms with Gasteiger partial charge >= 0.3 is 0 Å². The molecule has 5 heteroatoms. The molecule has 1 aliphatic heterocycles. The maximum atomic E-state index is 11.7. The van der Waals surface area contributed by atoms with Crippen molar-refractivity contribution in [2.75, 3.05) is 13.1 Å². The van der Waals surface area contributed by atoms with Gasteiger partial charge in [0.1, 0.15) is 0 Å². The second-order valence-electron chi connectivity index (χ2n) is 4.80. The molecule has 1 amide bonds. The smallest absolute Gasteiger partial charge is 0.220 e. The van der Waals surface area contributed by atoms with E-state index in [1.165, 1.54) is 6.42 Å². The van der Waals surface area contributed by atoms with E-state index in [1.54, 1.807) is 0 Å². The van der Waals surface area contributed by atoms with E-state index in [0.717, 1.165) is 25.1 Å². The van der Waals surface area contributed by atoms with Gasteiger partial charge in [0.2, 0.25) is 5.91 Å². The van der Waals surface area contributed by atoms with Gasteiger partial charge < -0.3 is 10.6 Å². The third kappa shape index (κ3) is 5.81. The molecule has 2 rings (SSSR count). The highest BCUT2D eigenvalue weighted by Crippen LogP contribution is 2.14. The van der Waals surface area contributed by atoms with Gasteiger partial charge in [-0.05, 0) is 49.5 Å². The van der Waals surface area contributed by atoms with Crippen molar-refractivity contribution in [1.29, 1.82) is 0 Å². The zero-order valence-corrected chi connectivity index (χ0v) is 12.4. The number of carbonyl (C=O) groups excluding carboxylic acids is 1. The van der Waals surface area contributed by atoms with Gasteiger partial charge in [-0.15, -0.1) is 12.4 Å². The molecule has 0 spiro atoms. The van der Waals surface area contributed by atoms with Crippen LogP contribution in [0.3, 0.4) is 0 Å². The Labute approximate surface area is 125 Å². The molecule has 0 bridgehead atoms. The summed E-state index contributed by atoms with van der Waals surface area (Å²) < 4.78 is 0. The summed E-state index contributed by atoms with van der Waals surface area (Å²) in [4.78, 5) is 11.7. The lowest BCUT2D eigenvalue weighted by molar-refractivity contribution is -0.121. The number of benzene rings is 1. The number of halogens is 2. The second-order valence-corrected chi connectivity index (χ2v) is 5.24. The summed E-state index contributed by atoms with van der Waals surface area (Å²) in [7, 11) is 0. The Morgan fingerprint density at radius 3 is 3.00 bits per heavy atom. The first-order valence-corrected chi connectivity index (χ1v) is 6.83. The van der Waals surface area contributed by atoms with Gasteiger partial charge in [-0.1, -0.05) is 23.7 Å². The Kier molecular flexibility index (Phi) is 7.21. The van der Waals surface area contributed by atoms with Crippen molar-refractivity contribution in [3.63, 3.8) is 0 Å². The van der Waals surface area contributed by atoms with Crippen molar-refractivity contribution in [3.8, 4) is 0 Å². The standard InChI is InChI=1S/C14H19ClN2O.ClH/c15-13-3-1-2-12(8-13)10-17-14(18)5-4-11-6-7-16-9-11;/h1-3,8,11,16H,4-7,9-10H2,(H,17,18);1H. The number of carbonyl (C=O) groups is 1. The highest BCUT2D eigenvalue weighted by molar-refractivity contribution is 6.30. The molecule has 0 saturated carbocycles. The first-order chi connectivity index (χ1) is 8.74. The van der Waals surface area contributed by atoms with E-state index in [0.29, 0.717) is 23.9 Å². The monoisotopic (exact) mass is 302 g/mol. The van der Waals surface area contributed by atoms with Gasteiger partial charge in [0.05, 0.1) is 0 Å². The predicted octanol–water partition coefficient (Wildman–Crippen LogP) is 2.77. The third-order valence-corrected chi connectivity index (χ3v) is 3.56. The maximum absolute atomic E-state index is 11.7. The van der Waals surface area contributed by atoms with Gasteiger partial charge in [0.15, 0.2) is 0 Å². The molecular formula is C14H20Cl2N2O. The molecule has 0 aliphatic carbocycles. The topological polar surface area (TPSA) is 41.1 Å². The van der Waals surface area contributed by atoms with Crippen LogP contribution in [0.5, 0.6) is 0 Å². The van der Waals surface area contributed by atoms with Crippen molar-refractivity contribution < 1.29 is 4.79 Å². The van der Waals surface area contributed by atoms with Crippen LogP contribution in [0.25, 0.3) is 0 Å². The molecule has 1 atom stereocenters. The molecule has 1 fully saturated rings. The van der Waals surface area contributed by atoms with Crippen LogP contribution in [-0.2, 0) is 11.3 Å². The van der Waals surface area contributed by atoms with E-state index in [-0.39, 0.29) is 18.3 Å². The minimum absolute atomic E-state index is 0. The van der Waals surface area contributed by atoms with Crippen molar-refractivity contribution in [1.82, 2.24) is 10.6 Å². The molecule has 1 aromatic carbocycles. The second kappa shape index (κ2) is 8.41. The van der Waals surface area contributed by atoms with Gasteiger partial charge in [0, 0.05) is 18.0 Å². The molecule has 1 aromatic rings. The highest BCUT2D eigenvalue weighted by atomic mass is 35.5. The van der Waals surface area contributed by atoms with Crippen molar-refractivity contribution >= 4 is 29.9 Å². The van der Waals surface area contributed by atoms with E-state index in [4.69, 9.17) is 11.6 Å². The molecule has 19 heavy (non-hydrogen) atoms. The summed E-state index contributed by atoms with van der Waals surface area (Å²) >= 11 is 5.89. The molecule has 1 saturated heterocycles. The normalized spacial score (nSPS) is 17.8. The van der Waals surface area contributed by atoms with Crippen LogP contribution < -0.4 is 10.6 Å². The molecule has 106 valence electrons. The van der Waals surface area contributed by atoms with Gasteiger partial charge in [-0.2, -0.15) is 0 Å². The molecule has 0 aromatic heterocycles. The fourth-order valence-corrected chi connectivity index (χ4v) is 2.44. The third-order valence-electron chi connectivity index (χ3n) is 3.32. The fraction of sp³-hybridized carbons (Fsp3) is 0.500. The van der Waals surface area contributed by atoms with E-state index >= 15 is 0 Å². The lowest BCUT2D eigenvalue weighted by atomic mass is 10.0. The highest BCUT2D eigenvalue weighted by Gasteiger charge is 2.15. The zero-order valence-electron chi connectivity index (χ0n) is 10.8. The summed E-state index contributed by atoms with van der Waals surface area (Å²) in [5.74, 6) is 0.795. The zero-order chi connectivity index (χ0) is 12.8. The Morgan fingerprint density at radius 1 is 1.47 bits per heavy atom. The fourth-order valence-electron chi connectivity index (χ4n) is 2.23. The Bertz CT molecular complexity index is 406. The minimum Gasteiger partial charge on any atom is -0.352 e. The number of hydrogen-bond donors (Lipinski definition) is 2. The first-order valence-electron chi connectivity index (χ1n) is 6.46. The van der Waals surface area contributed by atoms with Crippen molar-refractivity contribution in [2.24, 2.45) is 5.92 Å². The van der Waals surface area contributed by atoms with Gasteiger partial charge in [-0.25, -0.2) is 0 Å². The summed E-state index contributed by atoms with van der Waals surface area (Å²) in [5.41, 5.74) is 1.04. The molecule has 0 radical (unpaired) electrons. The van der Waals surface area contributed by atoms with Crippen molar-refractivity contribution in [3.05, 3.63) is 34.9 Å². The molecular weight excluding hydrogens is 283 g/mol. The Balaban J connectivity index is 0.00000180. The predicted molar refractivity (Wildman–Crippen MR) is 80.8 cm³/mol. The maximum Gasteiger partial charge on any atom is 0.220 e. The summed E-state index contributed by atoms with van der Waals surface area (Å²) in [6, 6.07) is 7.57. The number of amides is 1. The van der Waals surface area contributed by atoms with E-state index < -0.39 is 0 Å². The van der Waals surface area contributed by atoms with Crippen LogP contribution in [0.2, 0.25) is 5.02 Å². The van der Waals surface area contributed by atoms with Crippen LogP contribution in [0.1, 0.15) is 24.8 Å². The molecule has 2 N–H and O–H groups in total. The van der Waals surface area contributed by atoms with Crippen LogP contribution in [0, 0.1) is 5.92 Å². The summed E-state index contributed by atoms with van der Waals surface area (Å²) in [5, 5.41) is 6.95. The van der Waals surface area contributed by atoms with Crippen LogP contribution in [0.15, 0.2) is 24.3 Å². The van der Waals surface area contributed by atoms with E-state index in [9.17, 15) is 4.79 Å². The number of hydrogen-bond acceptors (Lipinski definition) is 2. The SMILES string of the molecule is Cl.O=C(CCC1CCNC1)NCc1cccc(Cl)c1. The van der Waals surface area contributed by atoms with Crippen LogP contribution in [0.4, 0.5) is 0 Å². The molecule has 3 nitrogen and oxygen atoms in total. The van der Waals surface area contributed by atoms with Crippen molar-refractivity contribution in [2.45, 2.75) is 25.8 Å². The van der Waals surface area contributed by atoms with Crippen LogP contribution >= 0.6 is 24.0 Å². The largest absolute Gasteiger partial charge is 0.352 e. The number of nitrogens with one attached hydrogen (secondary N) is 2. The lowest BCUT2D eigenvalue weighted by Crippen LogP contribution is -2.23. The molecule has 1 aliphatic rings. The quantitative estimate of drug-likeness (QED) is 0.878. The molecule has 1 unspecified atom stereocenters. The average Bonchev–Trinajstić information content (AvgIpc) is 2.87. The van der Waals surface area contributed by atoms with Crippen LogP contribution in [-0.4, -0.2) is 19.0 Å². The Morgan fingerprint density at radius 2 is 2.32 bits per heavy atom. The van der Waals surface area contributed by atoms with E-state index in [2.05, 4.69) is 10.6 Å². The summed E-state index contributed by atoms with van der Waals surface area (Å²) in [6.45, 7) is 2.71. The Hall–Kier alpha value is -0.770. The van der Waals surface area contributed by atoms with E-state index in [1.807, 2.05) is 24.3 Å². The molecule has 1 heterocycles. The number of rotatable bonds is 5. The average molecular weight is 303 g/mol. The van der Waals surface area contributed by atoms with Gasteiger partial charge in [-0.3, -0.25) is 4.79 Å². The first kappa shape index (κ1) is 16.3. The minimum atomic E-state index is 0. The lowest BCUT2D eigenvalue weighted by Gasteiger charge is -2.09.